The standard InChI is InChI=1S/C12H20N2OS/c1-3-5-14-6-4-13-11(14)8-12(15)7-10(2)16-9-12/h4,6,10,15H,3,5,7-9H2,1-2H3. The Balaban J connectivity index is 2.05. The number of aromatic nitrogens is 2. The molecule has 3 nitrogen and oxygen atoms in total. The first-order chi connectivity index (χ1) is 7.63. The summed E-state index contributed by atoms with van der Waals surface area (Å²) in [6.45, 7) is 5.33. The van der Waals surface area contributed by atoms with Gasteiger partial charge in [-0.25, -0.2) is 4.98 Å². The molecule has 0 aromatic carbocycles. The summed E-state index contributed by atoms with van der Waals surface area (Å²) in [4.78, 5) is 4.36. The number of thioether (sulfide) groups is 1. The highest BCUT2D eigenvalue weighted by Crippen LogP contribution is 2.36. The Hall–Kier alpha value is -0.480. The fourth-order valence-electron chi connectivity index (χ4n) is 2.32. The van der Waals surface area contributed by atoms with Gasteiger partial charge in [0.05, 0.1) is 5.60 Å². The SMILES string of the molecule is CCCn1ccnc1CC1(O)CSC(C)C1. The van der Waals surface area contributed by atoms with Gasteiger partial charge in [0, 0.05) is 36.4 Å². The molecular formula is C12H20N2OS. The minimum atomic E-state index is -0.541. The minimum absolute atomic E-state index is 0.541. The third-order valence-corrected chi connectivity index (χ3v) is 4.50. The Labute approximate surface area is 101 Å². The summed E-state index contributed by atoms with van der Waals surface area (Å²) in [6, 6.07) is 0. The van der Waals surface area contributed by atoms with Gasteiger partial charge in [-0.1, -0.05) is 13.8 Å². The molecule has 1 saturated heterocycles. The minimum Gasteiger partial charge on any atom is -0.389 e. The molecule has 2 unspecified atom stereocenters. The van der Waals surface area contributed by atoms with Gasteiger partial charge in [0.15, 0.2) is 0 Å². The van der Waals surface area contributed by atoms with E-state index in [2.05, 4.69) is 23.4 Å². The van der Waals surface area contributed by atoms with Crippen molar-refractivity contribution in [1.82, 2.24) is 9.55 Å². The first kappa shape index (κ1) is 12.0. The predicted molar refractivity (Wildman–Crippen MR) is 67.7 cm³/mol. The Morgan fingerprint density at radius 3 is 3.12 bits per heavy atom. The third kappa shape index (κ3) is 2.61. The number of aliphatic hydroxyl groups is 1. The van der Waals surface area contributed by atoms with Crippen LogP contribution in [0.4, 0.5) is 0 Å². The van der Waals surface area contributed by atoms with Gasteiger partial charge in [-0.05, 0) is 12.8 Å². The monoisotopic (exact) mass is 240 g/mol. The van der Waals surface area contributed by atoms with Gasteiger partial charge in [0.25, 0.3) is 0 Å². The topological polar surface area (TPSA) is 38.0 Å². The quantitative estimate of drug-likeness (QED) is 0.876. The maximum atomic E-state index is 10.5. The van der Waals surface area contributed by atoms with Crippen molar-refractivity contribution in [2.45, 2.75) is 50.5 Å². The lowest BCUT2D eigenvalue weighted by Crippen LogP contribution is -2.32. The molecule has 0 saturated carbocycles. The highest BCUT2D eigenvalue weighted by Gasteiger charge is 2.37. The molecule has 0 aliphatic carbocycles. The van der Waals surface area contributed by atoms with Crippen molar-refractivity contribution in [3.63, 3.8) is 0 Å². The fraction of sp³-hybridized carbons (Fsp3) is 0.750. The van der Waals surface area contributed by atoms with Gasteiger partial charge >= 0.3 is 0 Å². The lowest BCUT2D eigenvalue weighted by Gasteiger charge is -2.21. The van der Waals surface area contributed by atoms with Crippen molar-refractivity contribution in [3.05, 3.63) is 18.2 Å². The summed E-state index contributed by atoms with van der Waals surface area (Å²) < 4.78 is 2.16. The van der Waals surface area contributed by atoms with Crippen LogP contribution < -0.4 is 0 Å². The summed E-state index contributed by atoms with van der Waals surface area (Å²) in [5.74, 6) is 1.87. The molecule has 0 radical (unpaired) electrons. The first-order valence-electron chi connectivity index (χ1n) is 5.97. The Bertz CT molecular complexity index is 353. The molecule has 4 heteroatoms. The molecule has 1 aromatic heterocycles. The molecule has 0 bridgehead atoms. The maximum Gasteiger partial charge on any atom is 0.111 e. The van der Waals surface area contributed by atoms with E-state index < -0.39 is 5.60 Å². The van der Waals surface area contributed by atoms with Crippen LogP contribution in [0.1, 0.15) is 32.5 Å². The van der Waals surface area contributed by atoms with E-state index in [4.69, 9.17) is 0 Å². The molecule has 2 atom stereocenters. The summed E-state index contributed by atoms with van der Waals surface area (Å²) >= 11 is 1.86. The molecule has 16 heavy (non-hydrogen) atoms. The molecule has 2 rings (SSSR count). The van der Waals surface area contributed by atoms with Gasteiger partial charge in [-0.3, -0.25) is 0 Å². The van der Waals surface area contributed by atoms with Crippen molar-refractivity contribution in [1.29, 1.82) is 0 Å². The Kier molecular flexibility index (Phi) is 3.60. The molecule has 1 aliphatic rings. The van der Waals surface area contributed by atoms with E-state index in [-0.39, 0.29) is 0 Å². The average molecular weight is 240 g/mol. The number of nitrogens with zero attached hydrogens (tertiary/aromatic N) is 2. The number of aryl methyl sites for hydroxylation is 1. The number of hydrogen-bond donors (Lipinski definition) is 1. The lowest BCUT2D eigenvalue weighted by atomic mass is 9.96. The Morgan fingerprint density at radius 2 is 2.50 bits per heavy atom. The molecule has 1 N–H and O–H groups in total. The fourth-order valence-corrected chi connectivity index (χ4v) is 3.56. The molecule has 1 aromatic rings. The zero-order valence-corrected chi connectivity index (χ0v) is 10.8. The predicted octanol–water partition coefficient (Wildman–Crippen LogP) is 2.09. The van der Waals surface area contributed by atoms with Crippen LogP contribution in [0, 0.1) is 0 Å². The van der Waals surface area contributed by atoms with Crippen LogP contribution in [0.25, 0.3) is 0 Å². The van der Waals surface area contributed by atoms with Crippen LogP contribution in [0.3, 0.4) is 0 Å². The van der Waals surface area contributed by atoms with Crippen LogP contribution in [-0.2, 0) is 13.0 Å². The van der Waals surface area contributed by atoms with Crippen LogP contribution in [0.5, 0.6) is 0 Å². The van der Waals surface area contributed by atoms with Crippen molar-refractivity contribution < 1.29 is 5.11 Å². The van der Waals surface area contributed by atoms with E-state index in [1.807, 2.05) is 24.2 Å². The molecule has 0 spiro atoms. The highest BCUT2D eigenvalue weighted by molar-refractivity contribution is 8.00. The molecule has 1 fully saturated rings. The molecule has 90 valence electrons. The van der Waals surface area contributed by atoms with Gasteiger partial charge in [0.1, 0.15) is 5.82 Å². The smallest absolute Gasteiger partial charge is 0.111 e. The van der Waals surface area contributed by atoms with E-state index in [1.54, 1.807) is 0 Å². The number of hydrogen-bond acceptors (Lipinski definition) is 3. The van der Waals surface area contributed by atoms with Crippen LogP contribution in [0.2, 0.25) is 0 Å². The highest BCUT2D eigenvalue weighted by atomic mass is 32.2. The Morgan fingerprint density at radius 1 is 1.69 bits per heavy atom. The summed E-state index contributed by atoms with van der Waals surface area (Å²) in [6.07, 6.45) is 6.52. The van der Waals surface area contributed by atoms with Crippen LogP contribution >= 0.6 is 11.8 Å². The van der Waals surface area contributed by atoms with E-state index in [0.717, 1.165) is 31.0 Å². The first-order valence-corrected chi connectivity index (χ1v) is 7.02. The van der Waals surface area contributed by atoms with E-state index >= 15 is 0 Å². The largest absolute Gasteiger partial charge is 0.389 e. The summed E-state index contributed by atoms with van der Waals surface area (Å²) in [5.41, 5.74) is -0.541. The lowest BCUT2D eigenvalue weighted by molar-refractivity contribution is 0.0612. The molecule has 0 amide bonds. The second-order valence-electron chi connectivity index (χ2n) is 4.76. The van der Waals surface area contributed by atoms with Gasteiger partial charge in [-0.2, -0.15) is 11.8 Å². The van der Waals surface area contributed by atoms with Crippen LogP contribution in [0.15, 0.2) is 12.4 Å². The van der Waals surface area contributed by atoms with Crippen molar-refractivity contribution in [2.24, 2.45) is 0 Å². The van der Waals surface area contributed by atoms with Crippen LogP contribution in [-0.4, -0.2) is 31.3 Å². The third-order valence-electron chi connectivity index (χ3n) is 3.06. The van der Waals surface area contributed by atoms with E-state index in [1.165, 1.54) is 0 Å². The summed E-state index contributed by atoms with van der Waals surface area (Å²) in [7, 11) is 0. The summed E-state index contributed by atoms with van der Waals surface area (Å²) in [5, 5.41) is 11.0. The second kappa shape index (κ2) is 4.80. The van der Waals surface area contributed by atoms with Gasteiger partial charge in [-0.15, -0.1) is 0 Å². The second-order valence-corrected chi connectivity index (χ2v) is 6.19. The van der Waals surface area contributed by atoms with Crippen molar-refractivity contribution in [3.8, 4) is 0 Å². The maximum absolute atomic E-state index is 10.5. The molecule has 1 aliphatic heterocycles. The number of rotatable bonds is 4. The zero-order valence-electron chi connectivity index (χ0n) is 10.0. The molecular weight excluding hydrogens is 220 g/mol. The normalized spacial score (nSPS) is 29.8. The zero-order chi connectivity index (χ0) is 11.6. The van der Waals surface area contributed by atoms with Gasteiger partial charge < -0.3 is 9.67 Å². The van der Waals surface area contributed by atoms with E-state index in [0.29, 0.717) is 11.7 Å². The number of imidazole rings is 1. The van der Waals surface area contributed by atoms with Crippen molar-refractivity contribution in [2.75, 3.05) is 5.75 Å². The van der Waals surface area contributed by atoms with E-state index in [9.17, 15) is 5.11 Å². The van der Waals surface area contributed by atoms with Crippen molar-refractivity contribution >= 4 is 11.8 Å². The average Bonchev–Trinajstić information content (AvgIpc) is 2.76. The van der Waals surface area contributed by atoms with Gasteiger partial charge in [0.2, 0.25) is 0 Å². The molecule has 2 heterocycles.